The maximum Gasteiger partial charge on any atom is 0.490 e. The Bertz CT molecular complexity index is 524. The largest absolute Gasteiger partial charge is 0.490 e. The zero-order valence-electron chi connectivity index (χ0n) is 11.5. The molecular weight excluding hydrogens is 306 g/mol. The SMILES string of the molecule is O=C(OC1(C(O)c2ccc(F)cc2)CCCNC1)C(F)(F)F. The lowest BCUT2D eigenvalue weighted by molar-refractivity contribution is -0.225. The average Bonchev–Trinajstić information content (AvgIpc) is 2.47. The number of alkyl halides is 3. The lowest BCUT2D eigenvalue weighted by Gasteiger charge is -2.40. The molecule has 1 aromatic rings. The molecule has 4 nitrogen and oxygen atoms in total. The van der Waals surface area contributed by atoms with Crippen molar-refractivity contribution in [3.63, 3.8) is 0 Å². The molecule has 22 heavy (non-hydrogen) atoms. The summed E-state index contributed by atoms with van der Waals surface area (Å²) >= 11 is 0. The highest BCUT2D eigenvalue weighted by Crippen LogP contribution is 2.36. The van der Waals surface area contributed by atoms with Crippen LogP contribution in [-0.2, 0) is 9.53 Å². The van der Waals surface area contributed by atoms with Crippen molar-refractivity contribution in [1.82, 2.24) is 5.32 Å². The van der Waals surface area contributed by atoms with Crippen LogP contribution in [0.4, 0.5) is 17.6 Å². The van der Waals surface area contributed by atoms with Gasteiger partial charge in [-0.25, -0.2) is 9.18 Å². The van der Waals surface area contributed by atoms with E-state index in [9.17, 15) is 27.5 Å². The molecule has 1 heterocycles. The molecule has 0 saturated carbocycles. The van der Waals surface area contributed by atoms with Gasteiger partial charge >= 0.3 is 12.1 Å². The maximum absolute atomic E-state index is 12.9. The number of nitrogens with one attached hydrogen (secondary N) is 1. The molecule has 0 aliphatic carbocycles. The highest BCUT2D eigenvalue weighted by molar-refractivity contribution is 5.76. The Kier molecular flexibility index (Phi) is 4.72. The molecule has 122 valence electrons. The molecule has 1 aromatic carbocycles. The van der Waals surface area contributed by atoms with Gasteiger partial charge in [0.15, 0.2) is 5.60 Å². The molecule has 2 N–H and O–H groups in total. The molecule has 0 aromatic heterocycles. The monoisotopic (exact) mass is 321 g/mol. The minimum atomic E-state index is -5.15. The number of ether oxygens (including phenoxy) is 1. The summed E-state index contributed by atoms with van der Waals surface area (Å²) in [5.74, 6) is -2.89. The fraction of sp³-hybridized carbons (Fsp3) is 0.500. The van der Waals surface area contributed by atoms with Gasteiger partial charge in [0.2, 0.25) is 0 Å². The van der Waals surface area contributed by atoms with Gasteiger partial charge in [0.25, 0.3) is 0 Å². The number of benzene rings is 1. The predicted molar refractivity (Wildman–Crippen MR) is 68.3 cm³/mol. The summed E-state index contributed by atoms with van der Waals surface area (Å²) in [6, 6.07) is 4.65. The van der Waals surface area contributed by atoms with E-state index >= 15 is 0 Å². The third kappa shape index (κ3) is 3.56. The Morgan fingerprint density at radius 1 is 1.32 bits per heavy atom. The van der Waals surface area contributed by atoms with Crippen molar-refractivity contribution in [3.8, 4) is 0 Å². The highest BCUT2D eigenvalue weighted by Gasteiger charge is 2.50. The van der Waals surface area contributed by atoms with Gasteiger partial charge in [-0.1, -0.05) is 12.1 Å². The quantitative estimate of drug-likeness (QED) is 0.661. The van der Waals surface area contributed by atoms with Crippen LogP contribution in [0, 0.1) is 5.82 Å². The molecule has 1 saturated heterocycles. The van der Waals surface area contributed by atoms with Crippen LogP contribution in [-0.4, -0.2) is 35.9 Å². The Morgan fingerprint density at radius 2 is 1.95 bits per heavy atom. The first-order chi connectivity index (χ1) is 10.2. The maximum atomic E-state index is 12.9. The summed E-state index contributed by atoms with van der Waals surface area (Å²) < 4.78 is 54.9. The zero-order valence-corrected chi connectivity index (χ0v) is 11.5. The third-order valence-electron chi connectivity index (χ3n) is 3.59. The van der Waals surface area contributed by atoms with Crippen LogP contribution in [0.25, 0.3) is 0 Å². The van der Waals surface area contributed by atoms with Crippen LogP contribution < -0.4 is 5.32 Å². The first-order valence-corrected chi connectivity index (χ1v) is 6.69. The predicted octanol–water partition coefficient (Wildman–Crippen LogP) is 2.09. The lowest BCUT2D eigenvalue weighted by atomic mass is 9.84. The Balaban J connectivity index is 2.28. The number of hydrogen-bond donors (Lipinski definition) is 2. The fourth-order valence-electron chi connectivity index (χ4n) is 2.47. The van der Waals surface area contributed by atoms with Crippen LogP contribution in [0.3, 0.4) is 0 Å². The molecule has 8 heteroatoms. The second-order valence-corrected chi connectivity index (χ2v) is 5.19. The van der Waals surface area contributed by atoms with Gasteiger partial charge in [-0.15, -0.1) is 0 Å². The van der Waals surface area contributed by atoms with Gasteiger partial charge in [0, 0.05) is 6.54 Å². The molecule has 2 atom stereocenters. The topological polar surface area (TPSA) is 58.6 Å². The zero-order chi connectivity index (χ0) is 16.4. The van der Waals surface area contributed by atoms with Gasteiger partial charge in [-0.05, 0) is 37.1 Å². The molecule has 0 amide bonds. The summed E-state index contributed by atoms with van der Waals surface area (Å²) in [5, 5.41) is 13.2. The summed E-state index contributed by atoms with van der Waals surface area (Å²) in [7, 11) is 0. The number of aliphatic hydroxyl groups is 1. The number of aliphatic hydroxyl groups excluding tert-OH is 1. The van der Waals surface area contributed by atoms with E-state index in [0.717, 1.165) is 12.1 Å². The number of esters is 1. The number of piperidine rings is 1. The minimum Gasteiger partial charge on any atom is -0.448 e. The number of carbonyl (C=O) groups excluding carboxylic acids is 1. The molecule has 2 rings (SSSR count). The lowest BCUT2D eigenvalue weighted by Crippen LogP contribution is -2.54. The Hall–Kier alpha value is -1.67. The van der Waals surface area contributed by atoms with Crippen molar-refractivity contribution in [2.75, 3.05) is 13.1 Å². The summed E-state index contributed by atoms with van der Waals surface area (Å²) in [5.41, 5.74) is -1.55. The number of hydrogen-bond acceptors (Lipinski definition) is 4. The second kappa shape index (κ2) is 6.21. The average molecular weight is 321 g/mol. The number of halogens is 4. The van der Waals surface area contributed by atoms with Crippen molar-refractivity contribution in [1.29, 1.82) is 0 Å². The van der Waals surface area contributed by atoms with E-state index in [4.69, 9.17) is 0 Å². The molecule has 2 unspecified atom stereocenters. The molecule has 1 aliphatic rings. The molecule has 0 spiro atoms. The molecule has 1 fully saturated rings. The van der Waals surface area contributed by atoms with Crippen molar-refractivity contribution >= 4 is 5.97 Å². The van der Waals surface area contributed by atoms with Gasteiger partial charge in [-0.3, -0.25) is 0 Å². The van der Waals surface area contributed by atoms with E-state index < -0.39 is 29.7 Å². The van der Waals surface area contributed by atoms with E-state index in [0.29, 0.717) is 13.0 Å². The molecule has 0 radical (unpaired) electrons. The first-order valence-electron chi connectivity index (χ1n) is 6.69. The Morgan fingerprint density at radius 3 is 2.45 bits per heavy atom. The van der Waals surface area contributed by atoms with Crippen LogP contribution in [0.15, 0.2) is 24.3 Å². The van der Waals surface area contributed by atoms with E-state index in [2.05, 4.69) is 10.1 Å². The van der Waals surface area contributed by atoms with Crippen LogP contribution in [0.1, 0.15) is 24.5 Å². The Labute approximate surface area is 124 Å². The van der Waals surface area contributed by atoms with Crippen molar-refractivity contribution in [3.05, 3.63) is 35.6 Å². The van der Waals surface area contributed by atoms with Crippen LogP contribution in [0.2, 0.25) is 0 Å². The van der Waals surface area contributed by atoms with Gasteiger partial charge in [0.1, 0.15) is 11.9 Å². The van der Waals surface area contributed by atoms with E-state index in [1.807, 2.05) is 0 Å². The normalized spacial score (nSPS) is 23.9. The summed E-state index contributed by atoms with van der Waals surface area (Å²) in [4.78, 5) is 11.2. The van der Waals surface area contributed by atoms with Crippen molar-refractivity contribution in [2.45, 2.75) is 30.7 Å². The minimum absolute atomic E-state index is 0.0698. The van der Waals surface area contributed by atoms with Gasteiger partial charge < -0.3 is 15.2 Å². The smallest absolute Gasteiger partial charge is 0.448 e. The third-order valence-corrected chi connectivity index (χ3v) is 3.59. The summed E-state index contributed by atoms with van der Waals surface area (Å²) in [6.45, 7) is 0.425. The standard InChI is InChI=1S/C14H15F4NO3/c15-10-4-2-9(3-5-10)11(20)13(6-1-7-19-8-13)22-12(21)14(16,17)18/h2-5,11,19-20H,1,6-8H2. The van der Waals surface area contributed by atoms with Crippen molar-refractivity contribution < 1.29 is 32.2 Å². The second-order valence-electron chi connectivity index (χ2n) is 5.19. The summed E-state index contributed by atoms with van der Waals surface area (Å²) in [6.07, 6.45) is -6.14. The van der Waals surface area contributed by atoms with Crippen LogP contribution in [0.5, 0.6) is 0 Å². The number of carbonyl (C=O) groups is 1. The molecule has 1 aliphatic heterocycles. The van der Waals surface area contributed by atoms with Crippen molar-refractivity contribution in [2.24, 2.45) is 0 Å². The molecule has 0 bridgehead atoms. The highest BCUT2D eigenvalue weighted by atomic mass is 19.4. The van der Waals surface area contributed by atoms with E-state index in [1.165, 1.54) is 12.1 Å². The van der Waals surface area contributed by atoms with E-state index in [-0.39, 0.29) is 18.5 Å². The molecular formula is C14H15F4NO3. The van der Waals surface area contributed by atoms with E-state index in [1.54, 1.807) is 0 Å². The number of rotatable bonds is 3. The van der Waals surface area contributed by atoms with Crippen LogP contribution >= 0.6 is 0 Å². The van der Waals surface area contributed by atoms with Gasteiger partial charge in [0.05, 0.1) is 0 Å². The first kappa shape index (κ1) is 16.7. The fourth-order valence-corrected chi connectivity index (χ4v) is 2.47. The van der Waals surface area contributed by atoms with Gasteiger partial charge in [-0.2, -0.15) is 13.2 Å².